The van der Waals surface area contributed by atoms with E-state index in [2.05, 4.69) is 0 Å². The molecule has 0 bridgehead atoms. The molecule has 0 aliphatic rings. The molecule has 0 aromatic heterocycles. The van der Waals surface area contributed by atoms with Crippen molar-refractivity contribution in [2.24, 2.45) is 0 Å². The van der Waals surface area contributed by atoms with Crippen LogP contribution in [0.5, 0.6) is 0 Å². The molecule has 0 saturated carbocycles. The third kappa shape index (κ3) is 6.02. The van der Waals surface area contributed by atoms with E-state index in [0.717, 1.165) is 0 Å². The second kappa shape index (κ2) is 2.54. The van der Waals surface area contributed by atoms with Crippen LogP contribution in [0.2, 0.25) is 0 Å². The molecular weight excluding hydrogens is 98.9 g/mol. The van der Waals surface area contributed by atoms with E-state index in [9.17, 15) is 0 Å². The maximum atomic E-state index is 5.51. The van der Waals surface area contributed by atoms with E-state index in [4.69, 9.17) is 12.6 Å². The normalized spacial score (nSPS) is 12.6. The first-order valence-corrected chi connectivity index (χ1v) is 2.88. The molecule has 46 valence electrons. The van der Waals surface area contributed by atoms with Crippen LogP contribution >= 0.6 is 0 Å². The first-order valence-electron chi connectivity index (χ1n) is 2.88. The lowest BCUT2D eigenvalue weighted by molar-refractivity contribution is 0.000463. The lowest BCUT2D eigenvalue weighted by atomic mass is 9.85. The van der Waals surface area contributed by atoms with Crippen molar-refractivity contribution in [3.63, 3.8) is 0 Å². The summed E-state index contributed by atoms with van der Waals surface area (Å²) in [5.41, 5.74) is -0.478. The first kappa shape index (κ1) is 8.02. The fourth-order valence-corrected chi connectivity index (χ4v) is 0.607. The van der Waals surface area contributed by atoms with Gasteiger partial charge in [-0.25, -0.2) is 0 Å². The molecule has 0 N–H and O–H groups in total. The summed E-state index contributed by atoms with van der Waals surface area (Å²) in [6, 6.07) is 0. The molecule has 1 nitrogen and oxygen atoms in total. The van der Waals surface area contributed by atoms with Crippen LogP contribution in [-0.4, -0.2) is 19.5 Å². The highest BCUT2D eigenvalue weighted by Gasteiger charge is 2.10. The van der Waals surface area contributed by atoms with Gasteiger partial charge < -0.3 is 4.74 Å². The summed E-state index contributed by atoms with van der Waals surface area (Å²) >= 11 is 0. The molecule has 0 aromatic rings. The van der Waals surface area contributed by atoms with Crippen molar-refractivity contribution in [3.8, 4) is 0 Å². The van der Waals surface area contributed by atoms with Gasteiger partial charge in [-0.05, 0) is 27.7 Å². The third-order valence-electron chi connectivity index (χ3n) is 0.539. The number of hydrogen-bond acceptors (Lipinski definition) is 1. The van der Waals surface area contributed by atoms with Gasteiger partial charge in [-0.15, -0.1) is 0 Å². The van der Waals surface area contributed by atoms with E-state index in [1.165, 1.54) is 0 Å². The highest BCUT2D eigenvalue weighted by Crippen LogP contribution is 2.05. The first-order chi connectivity index (χ1) is 3.42. The van der Waals surface area contributed by atoms with Gasteiger partial charge in [-0.2, -0.15) is 0 Å². The van der Waals surface area contributed by atoms with Gasteiger partial charge in [0.15, 0.2) is 0 Å². The maximum Gasteiger partial charge on any atom is 0.112 e. The van der Waals surface area contributed by atoms with Gasteiger partial charge in [0.1, 0.15) is 7.85 Å². The number of ether oxygens (including phenoxy) is 1. The fraction of sp³-hybridized carbons (Fsp3) is 1.00. The highest BCUT2D eigenvalue weighted by molar-refractivity contribution is 6.13. The Labute approximate surface area is 52.8 Å². The van der Waals surface area contributed by atoms with E-state index < -0.39 is 5.50 Å². The topological polar surface area (TPSA) is 9.23 Å². The second-order valence-electron chi connectivity index (χ2n) is 2.77. The largest absolute Gasteiger partial charge is 0.383 e. The minimum absolute atomic E-state index is 0.218. The highest BCUT2D eigenvalue weighted by atomic mass is 16.5. The van der Waals surface area contributed by atoms with Gasteiger partial charge >= 0.3 is 0 Å². The molecule has 0 fully saturated rings. The number of hydrogen-bond donors (Lipinski definition) is 0. The van der Waals surface area contributed by atoms with Crippen molar-refractivity contribution in [1.29, 1.82) is 0 Å². The summed E-state index contributed by atoms with van der Waals surface area (Å²) in [6.45, 7) is 7.61. The summed E-state index contributed by atoms with van der Waals surface area (Å²) < 4.78 is 5.22. The van der Waals surface area contributed by atoms with Gasteiger partial charge in [-0.1, -0.05) is 0 Å². The van der Waals surface area contributed by atoms with Crippen LogP contribution in [0.3, 0.4) is 0 Å². The number of rotatable bonds is 2. The standard InChI is InChI=1S/C6H13BO/c1-5(2)8-6(3,4)7/h5H,1-4H3. The summed E-state index contributed by atoms with van der Waals surface area (Å²) in [4.78, 5) is 0. The molecule has 0 saturated heterocycles. The van der Waals surface area contributed by atoms with E-state index in [1.54, 1.807) is 0 Å². The van der Waals surface area contributed by atoms with Crippen molar-refractivity contribution < 1.29 is 4.74 Å². The predicted molar refractivity (Wildman–Crippen MR) is 36.1 cm³/mol. The Bertz CT molecular complexity index is 63.4. The van der Waals surface area contributed by atoms with Crippen molar-refractivity contribution in [2.45, 2.75) is 39.3 Å². The Kier molecular flexibility index (Phi) is 2.55. The van der Waals surface area contributed by atoms with E-state index in [1.807, 2.05) is 27.7 Å². The zero-order chi connectivity index (χ0) is 6.78. The van der Waals surface area contributed by atoms with Crippen LogP contribution in [0.25, 0.3) is 0 Å². The van der Waals surface area contributed by atoms with Gasteiger partial charge in [-0.3, -0.25) is 0 Å². The van der Waals surface area contributed by atoms with Gasteiger partial charge in [0, 0.05) is 5.50 Å². The molecule has 0 rings (SSSR count). The summed E-state index contributed by atoms with van der Waals surface area (Å²) in [5.74, 6) is 0. The van der Waals surface area contributed by atoms with Crippen LogP contribution in [0.4, 0.5) is 0 Å². The minimum atomic E-state index is -0.478. The summed E-state index contributed by atoms with van der Waals surface area (Å²) in [7, 11) is 5.51. The smallest absolute Gasteiger partial charge is 0.112 e. The van der Waals surface area contributed by atoms with Crippen LogP contribution in [0.15, 0.2) is 0 Å². The Morgan fingerprint density at radius 2 is 1.75 bits per heavy atom. The van der Waals surface area contributed by atoms with Crippen LogP contribution in [0, 0.1) is 0 Å². The summed E-state index contributed by atoms with van der Waals surface area (Å²) in [6.07, 6.45) is 0.218. The Morgan fingerprint density at radius 1 is 1.38 bits per heavy atom. The van der Waals surface area contributed by atoms with E-state index in [0.29, 0.717) is 0 Å². The molecule has 2 radical (unpaired) electrons. The second-order valence-corrected chi connectivity index (χ2v) is 2.77. The van der Waals surface area contributed by atoms with Gasteiger partial charge in [0.2, 0.25) is 0 Å². The Hall–Kier alpha value is 0.0249. The molecule has 0 unspecified atom stereocenters. The quantitative estimate of drug-likeness (QED) is 0.489. The molecule has 0 spiro atoms. The minimum Gasteiger partial charge on any atom is -0.383 e. The van der Waals surface area contributed by atoms with E-state index in [-0.39, 0.29) is 6.10 Å². The molecular formula is C6H13BO. The predicted octanol–water partition coefficient (Wildman–Crippen LogP) is 1.32. The average molecular weight is 112 g/mol. The molecule has 0 aliphatic carbocycles. The lowest BCUT2D eigenvalue weighted by Crippen LogP contribution is -2.27. The molecule has 8 heavy (non-hydrogen) atoms. The summed E-state index contributed by atoms with van der Waals surface area (Å²) in [5, 5.41) is 0. The zero-order valence-corrected chi connectivity index (χ0v) is 6.06. The van der Waals surface area contributed by atoms with Crippen molar-refractivity contribution >= 4 is 7.85 Å². The van der Waals surface area contributed by atoms with Crippen LogP contribution in [-0.2, 0) is 4.74 Å². The average Bonchev–Trinajstić information content (AvgIpc) is 1.21. The molecule has 2 heteroatoms. The van der Waals surface area contributed by atoms with E-state index >= 15 is 0 Å². The third-order valence-corrected chi connectivity index (χ3v) is 0.539. The Balaban J connectivity index is 3.39. The van der Waals surface area contributed by atoms with Crippen LogP contribution in [0.1, 0.15) is 27.7 Å². The van der Waals surface area contributed by atoms with Crippen molar-refractivity contribution in [2.75, 3.05) is 0 Å². The molecule has 0 heterocycles. The van der Waals surface area contributed by atoms with Crippen molar-refractivity contribution in [1.82, 2.24) is 0 Å². The van der Waals surface area contributed by atoms with Crippen LogP contribution < -0.4 is 0 Å². The Morgan fingerprint density at radius 3 is 1.75 bits per heavy atom. The molecule has 0 atom stereocenters. The SMILES string of the molecule is [B]C(C)(C)OC(C)C. The van der Waals surface area contributed by atoms with Gasteiger partial charge in [0.05, 0.1) is 6.10 Å². The molecule has 0 aliphatic heterocycles. The van der Waals surface area contributed by atoms with Gasteiger partial charge in [0.25, 0.3) is 0 Å². The molecule has 0 aromatic carbocycles. The fourth-order valence-electron chi connectivity index (χ4n) is 0.607. The lowest BCUT2D eigenvalue weighted by Gasteiger charge is -2.22. The zero-order valence-electron chi connectivity index (χ0n) is 6.06. The monoisotopic (exact) mass is 112 g/mol. The van der Waals surface area contributed by atoms with Crippen molar-refractivity contribution in [3.05, 3.63) is 0 Å². The molecule has 0 amide bonds. The maximum absolute atomic E-state index is 5.51.